The van der Waals surface area contributed by atoms with E-state index >= 15 is 0 Å². The van der Waals surface area contributed by atoms with Crippen LogP contribution in [-0.2, 0) is 45.8 Å². The van der Waals surface area contributed by atoms with E-state index in [1.807, 2.05) is 0 Å². The molecule has 27 heteroatoms. The number of imidazole rings is 1. The minimum atomic E-state index is -5.71. The maximum absolute atomic E-state index is 12.5. The minimum absolute atomic E-state index is 0.00299. The Bertz CT molecular complexity index is 1740. The van der Waals surface area contributed by atoms with Crippen LogP contribution in [0.1, 0.15) is 12.6 Å². The number of amides is 1. The lowest BCUT2D eigenvalue weighted by Gasteiger charge is -2.26. The van der Waals surface area contributed by atoms with E-state index in [4.69, 9.17) is 20.9 Å². The third-order valence-electron chi connectivity index (χ3n) is 7.25. The van der Waals surface area contributed by atoms with Gasteiger partial charge in [-0.05, 0) is 12.5 Å². The number of fused-ring (bicyclic) bond motifs is 1. The van der Waals surface area contributed by atoms with Crippen LogP contribution in [0, 0.1) is 5.92 Å². The van der Waals surface area contributed by atoms with E-state index in [1.54, 1.807) is 6.08 Å². The number of carbonyl (C=O) groups is 1. The first-order valence-electron chi connectivity index (χ1n) is 13.6. The highest BCUT2D eigenvalue weighted by Gasteiger charge is 2.51. The van der Waals surface area contributed by atoms with E-state index < -0.39 is 97.6 Å². The number of allylic oxidation sites excluding steroid dienone is 1. The van der Waals surface area contributed by atoms with Crippen molar-refractivity contribution < 1.29 is 85.3 Å². The molecular weight excluding hydrogens is 715 g/mol. The fraction of sp³-hybridized carbons (Fsp3) is 0.571. The second-order valence-electron chi connectivity index (χ2n) is 10.6. The van der Waals surface area contributed by atoms with Crippen LogP contribution in [-0.4, -0.2) is 122 Å². The van der Waals surface area contributed by atoms with Crippen molar-refractivity contribution >= 4 is 52.6 Å². The maximum atomic E-state index is 12.5. The molecule has 2 aromatic rings. The lowest BCUT2D eigenvalue weighted by atomic mass is 10.0. The molecule has 2 aromatic heterocycles. The van der Waals surface area contributed by atoms with Crippen LogP contribution in [0.4, 0.5) is 5.82 Å². The van der Waals surface area contributed by atoms with Gasteiger partial charge in [0, 0.05) is 0 Å². The van der Waals surface area contributed by atoms with Gasteiger partial charge in [0.05, 0.1) is 19.5 Å². The quantitative estimate of drug-likeness (QED) is 0.0722. The van der Waals surface area contributed by atoms with Gasteiger partial charge in [-0.2, -0.15) is 4.58 Å². The zero-order valence-electron chi connectivity index (χ0n) is 24.1. The normalized spacial score (nSPS) is 33.4. The van der Waals surface area contributed by atoms with E-state index in [0.29, 0.717) is 0 Å². The summed E-state index contributed by atoms with van der Waals surface area (Å²) in [4.78, 5) is 64.5. The van der Waals surface area contributed by atoms with Crippen LogP contribution in [0.3, 0.4) is 0 Å². The Kier molecular flexibility index (Phi) is 10.7. The van der Waals surface area contributed by atoms with Crippen LogP contribution in [0.2, 0.25) is 0 Å². The van der Waals surface area contributed by atoms with Crippen LogP contribution in [0.25, 0.3) is 11.2 Å². The number of rotatable bonds is 13. The molecular formula is C21H30N7O17P3. The number of ether oxygens (including phenoxy) is 2. The minimum Gasteiger partial charge on any atom is -0.756 e. The van der Waals surface area contributed by atoms with Gasteiger partial charge in [-0.15, -0.1) is 0 Å². The molecule has 3 unspecified atom stereocenters. The van der Waals surface area contributed by atoms with E-state index in [2.05, 4.69) is 32.8 Å². The van der Waals surface area contributed by atoms with Crippen molar-refractivity contribution in [3.05, 3.63) is 24.9 Å². The molecule has 5 heterocycles. The molecule has 3 aliphatic rings. The Morgan fingerprint density at radius 1 is 1.04 bits per heavy atom. The van der Waals surface area contributed by atoms with Crippen LogP contribution in [0.5, 0.6) is 0 Å². The molecule has 11 atom stereocenters. The molecule has 2 fully saturated rings. The van der Waals surface area contributed by atoms with Gasteiger partial charge in [-0.1, -0.05) is 0 Å². The van der Waals surface area contributed by atoms with E-state index in [9.17, 15) is 53.4 Å². The molecule has 3 aliphatic heterocycles. The molecule has 0 spiro atoms. The monoisotopic (exact) mass is 745 g/mol. The predicted octanol–water partition coefficient (Wildman–Crippen LogP) is -3.69. The first-order chi connectivity index (χ1) is 22.4. The fourth-order valence-corrected chi connectivity index (χ4v) is 7.63. The molecule has 0 radical (unpaired) electrons. The summed E-state index contributed by atoms with van der Waals surface area (Å²) in [6, 6.07) is 0. The van der Waals surface area contributed by atoms with Gasteiger partial charge in [0.15, 0.2) is 36.2 Å². The van der Waals surface area contributed by atoms with Gasteiger partial charge in [0.1, 0.15) is 48.3 Å². The van der Waals surface area contributed by atoms with Crippen molar-refractivity contribution in [1.82, 2.24) is 19.5 Å². The van der Waals surface area contributed by atoms with Gasteiger partial charge in [-0.25, -0.2) is 28.4 Å². The molecule has 0 aromatic carbocycles. The highest BCUT2D eigenvalue weighted by molar-refractivity contribution is 7.60. The van der Waals surface area contributed by atoms with E-state index in [0.717, 1.165) is 17.2 Å². The number of aromatic nitrogens is 4. The number of aliphatic hydroxyl groups is 3. The third-order valence-corrected chi connectivity index (χ3v) is 10.3. The number of hydrogen-bond donors (Lipinski definition) is 8. The Labute approximate surface area is 268 Å². The zero-order chi connectivity index (χ0) is 35.2. The smallest absolute Gasteiger partial charge is 0.478 e. The number of hydrogen-bond acceptors (Lipinski definition) is 18. The molecule has 0 aliphatic carbocycles. The van der Waals surface area contributed by atoms with Gasteiger partial charge < -0.3 is 60.4 Å². The molecule has 24 nitrogen and oxygen atoms in total. The highest BCUT2D eigenvalue weighted by atomic mass is 31.3. The molecule has 10 N–H and O–H groups in total. The molecule has 0 saturated carbocycles. The largest absolute Gasteiger partial charge is 0.756 e. The Morgan fingerprint density at radius 2 is 1.73 bits per heavy atom. The summed E-state index contributed by atoms with van der Waals surface area (Å²) < 4.78 is 68.0. The Hall–Kier alpha value is -2.60. The highest BCUT2D eigenvalue weighted by Crippen LogP contribution is 2.58. The van der Waals surface area contributed by atoms with Crippen LogP contribution >= 0.6 is 23.5 Å². The lowest BCUT2D eigenvalue weighted by molar-refractivity contribution is -0.561. The number of nitrogens with two attached hydrogens (primary N) is 2. The number of anilines is 1. The molecule has 0 bridgehead atoms. The second kappa shape index (κ2) is 14.0. The summed E-state index contributed by atoms with van der Waals surface area (Å²) in [7, 11) is -16.6. The zero-order valence-corrected chi connectivity index (χ0v) is 26.8. The van der Waals surface area contributed by atoms with Crippen molar-refractivity contribution in [2.45, 2.75) is 55.5 Å². The lowest BCUT2D eigenvalue weighted by Crippen LogP contribution is -2.40. The van der Waals surface area contributed by atoms with Crippen molar-refractivity contribution in [2.24, 2.45) is 11.7 Å². The summed E-state index contributed by atoms with van der Waals surface area (Å²) in [6.45, 7) is -2.10. The first kappa shape index (κ1) is 36.7. The van der Waals surface area contributed by atoms with Crippen molar-refractivity contribution in [3.8, 4) is 0 Å². The van der Waals surface area contributed by atoms with Crippen LogP contribution in [0.15, 0.2) is 24.9 Å². The van der Waals surface area contributed by atoms with E-state index in [1.165, 1.54) is 17.0 Å². The van der Waals surface area contributed by atoms with Crippen molar-refractivity contribution in [3.63, 3.8) is 0 Å². The summed E-state index contributed by atoms with van der Waals surface area (Å²) in [5, 5.41) is 31.5. The number of phosphoric acid groups is 3. The standard InChI is InChI=1S/C21H30N7O17P3/c22-17-12-19(25-7-24-17)28(8-26-12)21-16(44-46(33,34)35)14(30)11(43-21)6-41-48(38,39)45-47(36,37)40-5-10-13(29)15(31)20(42-10)27-3-1-2-9(4-27)18(23)32/h1,3-4,7-11,13-16,20-21,29-31H,2,5-6H2,(H7-,22,23,24,25,32,33,34,35,36,37,38,39)/t9?,10-,11-,13-,14-,15-,16-,20-,21-/m1/s1. The average molecular weight is 745 g/mol. The first-order valence-corrected chi connectivity index (χ1v) is 18.1. The average Bonchev–Trinajstić information content (AvgIpc) is 3.64. The van der Waals surface area contributed by atoms with Gasteiger partial charge in [-0.3, -0.25) is 23.0 Å². The predicted molar refractivity (Wildman–Crippen MR) is 150 cm³/mol. The van der Waals surface area contributed by atoms with Gasteiger partial charge in [0.2, 0.25) is 5.91 Å². The molecule has 1 amide bonds. The number of primary amides is 1. The number of phosphoric ester groups is 3. The Morgan fingerprint density at radius 3 is 2.42 bits per heavy atom. The van der Waals surface area contributed by atoms with Crippen LogP contribution < -0.4 is 16.4 Å². The topological polar surface area (TPSA) is 367 Å². The number of nitrogens with zero attached hydrogens (tertiary/aromatic N) is 5. The second-order valence-corrected chi connectivity index (χ2v) is 14.8. The third kappa shape index (κ3) is 8.22. The van der Waals surface area contributed by atoms with Gasteiger partial charge in [0.25, 0.3) is 14.1 Å². The molecule has 2 saturated heterocycles. The summed E-state index contributed by atoms with van der Waals surface area (Å²) in [5.74, 6) is -1.46. The fourth-order valence-electron chi connectivity index (χ4n) is 5.03. The molecule has 5 rings (SSSR count). The summed E-state index contributed by atoms with van der Waals surface area (Å²) in [6.07, 6.45) is -6.41. The maximum Gasteiger partial charge on any atom is 0.478 e. The number of nitrogen functional groups attached to an aromatic ring is 1. The molecule has 266 valence electrons. The summed E-state index contributed by atoms with van der Waals surface area (Å²) >= 11 is 0. The summed E-state index contributed by atoms with van der Waals surface area (Å²) in [5.41, 5.74) is 11.1. The number of aliphatic hydroxyl groups excluding tert-OH is 3. The van der Waals surface area contributed by atoms with E-state index in [-0.39, 0.29) is 23.4 Å². The van der Waals surface area contributed by atoms with Gasteiger partial charge >= 0.3 is 15.6 Å². The van der Waals surface area contributed by atoms with Crippen molar-refractivity contribution in [1.29, 1.82) is 0 Å². The SMILES string of the molecule is NC(=O)C1C=[N+]([C@@H]2O[C@H](COP(=O)([O-])OP(=O)(O)OC[C@H]3O[C@@H](n4cnc5c(N)ncnc54)[C@H](OP(=O)(O)O)[C@@H]3O)[C@@H](O)[C@H]2O)C=CC1. The van der Waals surface area contributed by atoms with Crippen molar-refractivity contribution in [2.75, 3.05) is 18.9 Å². The Balaban J connectivity index is 1.20. The number of carbonyl (C=O) groups excluding carboxylic acids is 1. The molecule has 48 heavy (non-hydrogen) atoms.